The number of phenolic OH excluding ortho intramolecular Hbond substituents is 1. The zero-order chi connectivity index (χ0) is 19.1. The molecule has 1 saturated heterocycles. The van der Waals surface area contributed by atoms with Crippen molar-refractivity contribution in [1.82, 2.24) is 14.5 Å². The molecule has 1 fully saturated rings. The molecular weight excluding hydrogens is 349 g/mol. The summed E-state index contributed by atoms with van der Waals surface area (Å²) in [4.78, 5) is 30.2. The molecule has 136 valence electrons. The Kier molecular flexibility index (Phi) is 3.99. The van der Waals surface area contributed by atoms with E-state index in [-0.39, 0.29) is 28.8 Å². The monoisotopic (exact) mass is 365 g/mol. The molecule has 0 atom stereocenters. The van der Waals surface area contributed by atoms with Crippen molar-refractivity contribution in [1.29, 1.82) is 0 Å². The first-order valence-electron chi connectivity index (χ1n) is 8.39. The summed E-state index contributed by atoms with van der Waals surface area (Å²) in [6, 6.07) is 8.70. The first kappa shape index (κ1) is 17.0. The maximum Gasteiger partial charge on any atom is 0.261 e. The highest BCUT2D eigenvalue weighted by Crippen LogP contribution is 2.32. The Hall–Kier alpha value is -3.48. The fraction of sp³-hybridized carbons (Fsp3) is 0.150. The molecule has 27 heavy (non-hydrogen) atoms. The number of aromatic hydroxyl groups is 1. The van der Waals surface area contributed by atoms with E-state index in [0.717, 1.165) is 0 Å². The Morgan fingerprint density at radius 3 is 2.78 bits per heavy atom. The number of halogens is 1. The van der Waals surface area contributed by atoms with E-state index >= 15 is 0 Å². The van der Waals surface area contributed by atoms with E-state index in [1.165, 1.54) is 35.2 Å². The van der Waals surface area contributed by atoms with Gasteiger partial charge in [-0.3, -0.25) is 14.2 Å². The van der Waals surface area contributed by atoms with Gasteiger partial charge in [0.1, 0.15) is 11.6 Å². The van der Waals surface area contributed by atoms with Gasteiger partial charge < -0.3 is 10.0 Å². The molecule has 0 aliphatic carbocycles. The molecule has 0 spiro atoms. The van der Waals surface area contributed by atoms with Crippen LogP contribution in [-0.4, -0.2) is 38.6 Å². The molecule has 3 aromatic rings. The third-order valence-corrected chi connectivity index (χ3v) is 4.81. The van der Waals surface area contributed by atoms with Crippen molar-refractivity contribution in [2.45, 2.75) is 6.04 Å². The zero-order valence-electron chi connectivity index (χ0n) is 14.3. The molecular formula is C20H16FN3O3. The largest absolute Gasteiger partial charge is 0.507 e. The third-order valence-electron chi connectivity index (χ3n) is 4.81. The van der Waals surface area contributed by atoms with E-state index in [2.05, 4.69) is 11.6 Å². The first-order valence-corrected chi connectivity index (χ1v) is 8.39. The highest BCUT2D eigenvalue weighted by atomic mass is 19.1. The molecule has 0 radical (unpaired) electrons. The predicted molar refractivity (Wildman–Crippen MR) is 98.9 cm³/mol. The Balaban J connectivity index is 1.71. The van der Waals surface area contributed by atoms with Crippen molar-refractivity contribution in [3.63, 3.8) is 0 Å². The number of benzene rings is 2. The molecule has 0 bridgehead atoms. The normalized spacial score (nSPS) is 14.2. The topological polar surface area (TPSA) is 75.4 Å². The molecule has 0 saturated carbocycles. The second-order valence-corrected chi connectivity index (χ2v) is 6.42. The Bertz CT molecular complexity index is 1110. The summed E-state index contributed by atoms with van der Waals surface area (Å²) >= 11 is 0. The average Bonchev–Trinajstić information content (AvgIpc) is 2.62. The van der Waals surface area contributed by atoms with Gasteiger partial charge in [-0.1, -0.05) is 18.7 Å². The van der Waals surface area contributed by atoms with Crippen molar-refractivity contribution in [3.8, 4) is 16.9 Å². The van der Waals surface area contributed by atoms with Crippen LogP contribution in [0.1, 0.15) is 6.04 Å². The number of fused-ring (bicyclic) bond motifs is 1. The Labute approximate surface area is 153 Å². The lowest BCUT2D eigenvalue weighted by Gasteiger charge is -2.39. The van der Waals surface area contributed by atoms with Gasteiger partial charge in [0.05, 0.1) is 28.8 Å². The molecule has 1 aromatic heterocycles. The van der Waals surface area contributed by atoms with Crippen LogP contribution >= 0.6 is 0 Å². The van der Waals surface area contributed by atoms with Crippen LogP contribution < -0.4 is 5.56 Å². The predicted octanol–water partition coefficient (Wildman–Crippen LogP) is 2.48. The van der Waals surface area contributed by atoms with Gasteiger partial charge in [-0.2, -0.15) is 0 Å². The van der Waals surface area contributed by atoms with Crippen LogP contribution in [0.15, 0.2) is 60.2 Å². The number of rotatable bonds is 3. The highest BCUT2D eigenvalue weighted by Gasteiger charge is 2.31. The molecule has 2 aromatic carbocycles. The van der Waals surface area contributed by atoms with E-state index < -0.39 is 5.82 Å². The lowest BCUT2D eigenvalue weighted by Crippen LogP contribution is -2.52. The molecule has 1 aliphatic rings. The molecule has 4 rings (SSSR count). The number of nitrogens with zero attached hydrogens (tertiary/aromatic N) is 3. The summed E-state index contributed by atoms with van der Waals surface area (Å²) < 4.78 is 15.6. The van der Waals surface area contributed by atoms with Crippen LogP contribution in [0.4, 0.5) is 4.39 Å². The Morgan fingerprint density at radius 2 is 2.07 bits per heavy atom. The van der Waals surface area contributed by atoms with Gasteiger partial charge in [0.25, 0.3) is 5.56 Å². The maximum atomic E-state index is 14.1. The van der Waals surface area contributed by atoms with Gasteiger partial charge in [0.2, 0.25) is 5.91 Å². The van der Waals surface area contributed by atoms with Gasteiger partial charge in [-0.25, -0.2) is 9.37 Å². The molecule has 1 N–H and O–H groups in total. The van der Waals surface area contributed by atoms with E-state index in [1.807, 2.05) is 0 Å². The van der Waals surface area contributed by atoms with E-state index in [9.17, 15) is 19.1 Å². The summed E-state index contributed by atoms with van der Waals surface area (Å²) in [5, 5.41) is 10.3. The summed E-state index contributed by atoms with van der Waals surface area (Å²) in [7, 11) is 0. The summed E-state index contributed by atoms with van der Waals surface area (Å²) in [6.45, 7) is 4.31. The van der Waals surface area contributed by atoms with Gasteiger partial charge in [-0.15, -0.1) is 0 Å². The molecule has 7 heteroatoms. The van der Waals surface area contributed by atoms with Crippen LogP contribution in [0.3, 0.4) is 0 Å². The van der Waals surface area contributed by atoms with Crippen molar-refractivity contribution in [3.05, 3.63) is 71.6 Å². The van der Waals surface area contributed by atoms with Gasteiger partial charge in [0, 0.05) is 13.1 Å². The molecule has 1 amide bonds. The van der Waals surface area contributed by atoms with Crippen molar-refractivity contribution in [2.75, 3.05) is 13.1 Å². The number of phenols is 1. The summed E-state index contributed by atoms with van der Waals surface area (Å²) in [5.74, 6) is -0.893. The van der Waals surface area contributed by atoms with Crippen LogP contribution in [-0.2, 0) is 4.79 Å². The van der Waals surface area contributed by atoms with Gasteiger partial charge in [0.15, 0.2) is 0 Å². The van der Waals surface area contributed by atoms with E-state index in [1.54, 1.807) is 23.1 Å². The molecule has 6 nitrogen and oxygen atoms in total. The number of hydrogen-bond donors (Lipinski definition) is 1. The number of aromatic nitrogens is 2. The number of likely N-dealkylation sites (tertiary alicyclic amines) is 1. The minimum Gasteiger partial charge on any atom is -0.507 e. The average molecular weight is 365 g/mol. The standard InChI is InChI=1S/C20H16FN3O3/c1-2-18(26)23-9-13(10-23)24-11-22-16-8-12(6-7-14(16)20(24)27)19-15(21)4-3-5-17(19)25/h2-8,11,13,25H,1,9-10H2. The maximum absolute atomic E-state index is 14.1. The fourth-order valence-corrected chi connectivity index (χ4v) is 3.29. The Morgan fingerprint density at radius 1 is 1.30 bits per heavy atom. The third kappa shape index (κ3) is 2.77. The first-order chi connectivity index (χ1) is 13.0. The second-order valence-electron chi connectivity index (χ2n) is 6.42. The van der Waals surface area contributed by atoms with Crippen LogP contribution in [0.25, 0.3) is 22.0 Å². The van der Waals surface area contributed by atoms with Crippen molar-refractivity contribution in [2.24, 2.45) is 0 Å². The van der Waals surface area contributed by atoms with Gasteiger partial charge in [-0.05, 0) is 35.9 Å². The molecule has 2 heterocycles. The van der Waals surface area contributed by atoms with Crippen LogP contribution in [0.2, 0.25) is 0 Å². The fourth-order valence-electron chi connectivity index (χ4n) is 3.29. The lowest BCUT2D eigenvalue weighted by molar-refractivity contribution is -0.131. The second kappa shape index (κ2) is 6.35. The summed E-state index contributed by atoms with van der Waals surface area (Å²) in [5.41, 5.74) is 0.701. The van der Waals surface area contributed by atoms with Crippen LogP contribution in [0, 0.1) is 5.82 Å². The van der Waals surface area contributed by atoms with Gasteiger partial charge >= 0.3 is 0 Å². The summed E-state index contributed by atoms with van der Waals surface area (Å²) in [6.07, 6.45) is 2.69. The van der Waals surface area contributed by atoms with Crippen LogP contribution in [0.5, 0.6) is 5.75 Å². The quantitative estimate of drug-likeness (QED) is 0.724. The smallest absolute Gasteiger partial charge is 0.261 e. The molecule has 1 aliphatic heterocycles. The van der Waals surface area contributed by atoms with Crippen molar-refractivity contribution >= 4 is 16.8 Å². The number of hydrogen-bond acceptors (Lipinski definition) is 4. The highest BCUT2D eigenvalue weighted by molar-refractivity contribution is 5.88. The van der Waals surface area contributed by atoms with E-state index in [0.29, 0.717) is 29.6 Å². The minimum atomic E-state index is -0.552. The number of carbonyl (C=O) groups excluding carboxylic acids is 1. The SMILES string of the molecule is C=CC(=O)N1CC(n2cnc3cc(-c4c(O)cccc4F)ccc3c2=O)C1. The van der Waals surface area contributed by atoms with Crippen molar-refractivity contribution < 1.29 is 14.3 Å². The molecule has 0 unspecified atom stereocenters. The minimum absolute atomic E-state index is 0.0722. The number of carbonyl (C=O) groups is 1. The lowest BCUT2D eigenvalue weighted by atomic mass is 10.0. The zero-order valence-corrected chi connectivity index (χ0v) is 14.3. The van der Waals surface area contributed by atoms with E-state index in [4.69, 9.17) is 0 Å². The number of amides is 1.